The van der Waals surface area contributed by atoms with Gasteiger partial charge in [-0.3, -0.25) is 4.79 Å². The van der Waals surface area contributed by atoms with Crippen molar-refractivity contribution in [2.45, 2.75) is 26.2 Å². The molecule has 0 bridgehead atoms. The molecule has 0 saturated carbocycles. The largest absolute Gasteiger partial charge is 0.461 e. The van der Waals surface area contributed by atoms with Crippen molar-refractivity contribution in [3.05, 3.63) is 35.6 Å². The quantitative estimate of drug-likeness (QED) is 0.882. The standard InChI is InChI=1S/C14H17NO2/c1-4-11-13(9(2)14(16)15-3)10-7-5-6-8-12(10)17-11/h5-9H,4H2,1-3H3,(H,15,16). The molecule has 1 amide bonds. The monoisotopic (exact) mass is 231 g/mol. The fourth-order valence-electron chi connectivity index (χ4n) is 2.20. The van der Waals surface area contributed by atoms with Crippen molar-refractivity contribution in [1.29, 1.82) is 0 Å². The number of carbonyl (C=O) groups excluding carboxylic acids is 1. The number of aryl methyl sites for hydroxylation is 1. The van der Waals surface area contributed by atoms with Crippen LogP contribution in [0.2, 0.25) is 0 Å². The first kappa shape index (κ1) is 11.7. The number of likely N-dealkylation sites (N-methyl/N-ethyl adjacent to an activating group) is 1. The average molecular weight is 231 g/mol. The molecule has 0 saturated heterocycles. The second kappa shape index (κ2) is 4.62. The van der Waals surface area contributed by atoms with Gasteiger partial charge in [-0.2, -0.15) is 0 Å². The Morgan fingerprint density at radius 3 is 2.76 bits per heavy atom. The number of furan rings is 1. The first-order valence-electron chi connectivity index (χ1n) is 5.91. The SMILES string of the molecule is CCc1oc2ccccc2c1C(C)C(=O)NC. The van der Waals surface area contributed by atoms with Crippen molar-refractivity contribution in [2.75, 3.05) is 7.05 Å². The summed E-state index contributed by atoms with van der Waals surface area (Å²) in [6.45, 7) is 3.95. The van der Waals surface area contributed by atoms with Crippen molar-refractivity contribution >= 4 is 16.9 Å². The van der Waals surface area contributed by atoms with E-state index in [9.17, 15) is 4.79 Å². The van der Waals surface area contributed by atoms with Crippen LogP contribution in [-0.2, 0) is 11.2 Å². The third-order valence-electron chi connectivity index (χ3n) is 3.10. The maximum absolute atomic E-state index is 11.8. The summed E-state index contributed by atoms with van der Waals surface area (Å²) in [4.78, 5) is 11.8. The van der Waals surface area contributed by atoms with Crippen LogP contribution in [0.25, 0.3) is 11.0 Å². The topological polar surface area (TPSA) is 42.2 Å². The smallest absolute Gasteiger partial charge is 0.227 e. The zero-order valence-electron chi connectivity index (χ0n) is 10.4. The second-order valence-electron chi connectivity index (χ2n) is 4.12. The van der Waals surface area contributed by atoms with E-state index in [0.29, 0.717) is 0 Å². The lowest BCUT2D eigenvalue weighted by atomic mass is 9.96. The lowest BCUT2D eigenvalue weighted by Crippen LogP contribution is -2.24. The highest BCUT2D eigenvalue weighted by molar-refractivity contribution is 5.91. The summed E-state index contributed by atoms with van der Waals surface area (Å²) in [6.07, 6.45) is 0.797. The molecule has 1 heterocycles. The van der Waals surface area contributed by atoms with Crippen molar-refractivity contribution in [3.63, 3.8) is 0 Å². The van der Waals surface area contributed by atoms with Gasteiger partial charge in [0.05, 0.1) is 5.92 Å². The van der Waals surface area contributed by atoms with E-state index in [1.165, 1.54) is 0 Å². The van der Waals surface area contributed by atoms with Gasteiger partial charge in [0.15, 0.2) is 0 Å². The fourth-order valence-corrected chi connectivity index (χ4v) is 2.20. The van der Waals surface area contributed by atoms with Gasteiger partial charge in [0.2, 0.25) is 5.91 Å². The van der Waals surface area contributed by atoms with E-state index < -0.39 is 0 Å². The second-order valence-corrected chi connectivity index (χ2v) is 4.12. The Bertz CT molecular complexity index is 542. The van der Waals surface area contributed by atoms with E-state index in [2.05, 4.69) is 5.32 Å². The molecular weight excluding hydrogens is 214 g/mol. The molecule has 2 aromatic rings. The summed E-state index contributed by atoms with van der Waals surface area (Å²) in [6, 6.07) is 7.86. The summed E-state index contributed by atoms with van der Waals surface area (Å²) in [5.74, 6) is 0.743. The molecule has 3 nitrogen and oxygen atoms in total. The van der Waals surface area contributed by atoms with Crippen LogP contribution in [0.15, 0.2) is 28.7 Å². The summed E-state index contributed by atoms with van der Waals surface area (Å²) >= 11 is 0. The minimum Gasteiger partial charge on any atom is -0.461 e. The lowest BCUT2D eigenvalue weighted by Gasteiger charge is -2.10. The first-order valence-corrected chi connectivity index (χ1v) is 5.91. The third-order valence-corrected chi connectivity index (χ3v) is 3.10. The van der Waals surface area contributed by atoms with E-state index in [4.69, 9.17) is 4.42 Å². The number of carbonyl (C=O) groups is 1. The molecule has 17 heavy (non-hydrogen) atoms. The molecule has 1 aromatic heterocycles. The minimum absolute atomic E-state index is 0.0197. The first-order chi connectivity index (χ1) is 8.19. The van der Waals surface area contributed by atoms with Gasteiger partial charge in [-0.05, 0) is 13.0 Å². The molecule has 1 atom stereocenters. The van der Waals surface area contributed by atoms with Crippen LogP contribution in [-0.4, -0.2) is 13.0 Å². The Morgan fingerprint density at radius 2 is 2.12 bits per heavy atom. The van der Waals surface area contributed by atoms with E-state index in [1.54, 1.807) is 7.05 Å². The molecule has 1 aromatic carbocycles. The van der Waals surface area contributed by atoms with Gasteiger partial charge in [-0.1, -0.05) is 25.1 Å². The predicted octanol–water partition coefficient (Wildman–Crippen LogP) is 2.84. The van der Waals surface area contributed by atoms with Crippen LogP contribution in [0.1, 0.15) is 31.1 Å². The number of fused-ring (bicyclic) bond motifs is 1. The van der Waals surface area contributed by atoms with Gasteiger partial charge in [0, 0.05) is 24.4 Å². The molecule has 1 unspecified atom stereocenters. The Kier molecular flexibility index (Phi) is 3.18. The molecule has 0 aliphatic carbocycles. The van der Waals surface area contributed by atoms with Crippen LogP contribution < -0.4 is 5.32 Å². The Hall–Kier alpha value is -1.77. The predicted molar refractivity (Wildman–Crippen MR) is 68.1 cm³/mol. The number of benzene rings is 1. The third kappa shape index (κ3) is 1.93. The molecule has 0 aliphatic rings. The maximum Gasteiger partial charge on any atom is 0.227 e. The van der Waals surface area contributed by atoms with E-state index in [1.807, 2.05) is 38.1 Å². The number of nitrogens with one attached hydrogen (secondary N) is 1. The Labute approximate surface area is 101 Å². The van der Waals surface area contributed by atoms with Gasteiger partial charge < -0.3 is 9.73 Å². The highest BCUT2D eigenvalue weighted by Gasteiger charge is 2.22. The molecule has 0 aliphatic heterocycles. The molecular formula is C14H17NO2. The zero-order chi connectivity index (χ0) is 12.4. The summed E-state index contributed by atoms with van der Waals surface area (Å²) in [7, 11) is 1.66. The van der Waals surface area contributed by atoms with Crippen molar-refractivity contribution in [1.82, 2.24) is 5.32 Å². The van der Waals surface area contributed by atoms with Gasteiger partial charge in [0.1, 0.15) is 11.3 Å². The Morgan fingerprint density at radius 1 is 1.41 bits per heavy atom. The molecule has 0 radical (unpaired) electrons. The van der Waals surface area contributed by atoms with Crippen molar-refractivity contribution in [2.24, 2.45) is 0 Å². The van der Waals surface area contributed by atoms with Crippen molar-refractivity contribution < 1.29 is 9.21 Å². The zero-order valence-corrected chi connectivity index (χ0v) is 10.4. The van der Waals surface area contributed by atoms with Crippen LogP contribution in [0, 0.1) is 0 Å². The molecule has 1 N–H and O–H groups in total. The molecule has 90 valence electrons. The molecule has 0 fully saturated rings. The summed E-state index contributed by atoms with van der Waals surface area (Å²) < 4.78 is 5.78. The summed E-state index contributed by atoms with van der Waals surface area (Å²) in [5.41, 5.74) is 1.87. The van der Waals surface area contributed by atoms with Crippen LogP contribution in [0.4, 0.5) is 0 Å². The van der Waals surface area contributed by atoms with Gasteiger partial charge in [-0.25, -0.2) is 0 Å². The van der Waals surface area contributed by atoms with E-state index >= 15 is 0 Å². The average Bonchev–Trinajstić information content (AvgIpc) is 2.75. The number of hydrogen-bond donors (Lipinski definition) is 1. The highest BCUT2D eigenvalue weighted by atomic mass is 16.3. The normalized spacial score (nSPS) is 12.6. The van der Waals surface area contributed by atoms with E-state index in [0.717, 1.165) is 28.7 Å². The van der Waals surface area contributed by atoms with Gasteiger partial charge in [-0.15, -0.1) is 0 Å². The van der Waals surface area contributed by atoms with Crippen LogP contribution >= 0.6 is 0 Å². The molecule has 3 heteroatoms. The van der Waals surface area contributed by atoms with Crippen molar-refractivity contribution in [3.8, 4) is 0 Å². The number of hydrogen-bond acceptors (Lipinski definition) is 2. The van der Waals surface area contributed by atoms with Crippen LogP contribution in [0.3, 0.4) is 0 Å². The van der Waals surface area contributed by atoms with Gasteiger partial charge in [0.25, 0.3) is 0 Å². The summed E-state index contributed by atoms with van der Waals surface area (Å²) in [5, 5.41) is 3.73. The Balaban J connectivity index is 2.61. The highest BCUT2D eigenvalue weighted by Crippen LogP contribution is 2.32. The number of rotatable bonds is 3. The van der Waals surface area contributed by atoms with Crippen LogP contribution in [0.5, 0.6) is 0 Å². The maximum atomic E-state index is 11.8. The van der Waals surface area contributed by atoms with E-state index in [-0.39, 0.29) is 11.8 Å². The molecule has 0 spiro atoms. The number of para-hydroxylation sites is 1. The lowest BCUT2D eigenvalue weighted by molar-refractivity contribution is -0.121. The fraction of sp³-hybridized carbons (Fsp3) is 0.357. The number of amides is 1. The molecule has 2 rings (SSSR count). The minimum atomic E-state index is -0.182. The van der Waals surface area contributed by atoms with Gasteiger partial charge >= 0.3 is 0 Å².